The number of methoxy groups -OCH3 is 1. The van der Waals surface area contributed by atoms with Gasteiger partial charge in [-0.3, -0.25) is 4.79 Å². The van der Waals surface area contributed by atoms with Crippen molar-refractivity contribution in [3.8, 4) is 0 Å². The van der Waals surface area contributed by atoms with Crippen LogP contribution in [0.1, 0.15) is 52.9 Å². The molecule has 1 saturated heterocycles. The topological polar surface area (TPSA) is 74.2 Å². The van der Waals surface area contributed by atoms with Crippen LogP contribution in [0.2, 0.25) is 0 Å². The minimum absolute atomic E-state index is 0.0415. The number of carbonyl (C=O) groups is 1. The Labute approximate surface area is 174 Å². The van der Waals surface area contributed by atoms with E-state index in [1.165, 1.54) is 12.7 Å². The maximum atomic E-state index is 11.7. The maximum Gasteiger partial charge on any atom is 0.308 e. The highest BCUT2D eigenvalue weighted by Crippen LogP contribution is 2.44. The molecule has 3 rings (SSSR count). The van der Waals surface area contributed by atoms with Crippen LogP contribution in [0.4, 0.5) is 0 Å². The van der Waals surface area contributed by atoms with E-state index >= 15 is 0 Å². The van der Waals surface area contributed by atoms with Gasteiger partial charge in [0.2, 0.25) is 0 Å². The molecule has 1 aliphatic heterocycles. The van der Waals surface area contributed by atoms with E-state index in [1.54, 1.807) is 0 Å². The predicted molar refractivity (Wildman–Crippen MR) is 109 cm³/mol. The van der Waals surface area contributed by atoms with E-state index in [0.29, 0.717) is 30.8 Å². The molecule has 1 N–H and O–H groups in total. The summed E-state index contributed by atoms with van der Waals surface area (Å²) < 4.78 is 22.1. The molecule has 8 atom stereocenters. The highest BCUT2D eigenvalue weighted by molar-refractivity contribution is 5.69. The first-order chi connectivity index (χ1) is 13.9. The van der Waals surface area contributed by atoms with Crippen LogP contribution in [0.15, 0.2) is 23.8 Å². The molecule has 0 radical (unpaired) electrons. The van der Waals surface area contributed by atoms with E-state index in [1.807, 2.05) is 6.92 Å². The van der Waals surface area contributed by atoms with E-state index in [-0.39, 0.29) is 36.6 Å². The zero-order valence-electron chi connectivity index (χ0n) is 18.1. The van der Waals surface area contributed by atoms with Gasteiger partial charge in [0.1, 0.15) is 0 Å². The first kappa shape index (κ1) is 22.5. The zero-order chi connectivity index (χ0) is 21.0. The van der Waals surface area contributed by atoms with E-state index in [9.17, 15) is 9.90 Å². The average molecular weight is 409 g/mol. The molecule has 0 saturated carbocycles. The van der Waals surface area contributed by atoms with Gasteiger partial charge in [-0.2, -0.15) is 0 Å². The molecule has 0 spiro atoms. The normalized spacial score (nSPS) is 39.6. The Morgan fingerprint density at radius 3 is 2.69 bits per heavy atom. The van der Waals surface area contributed by atoms with Crippen molar-refractivity contribution in [1.82, 2.24) is 0 Å². The molecule has 1 unspecified atom stereocenters. The average Bonchev–Trinajstić information content (AvgIpc) is 2.67. The van der Waals surface area contributed by atoms with Crippen LogP contribution in [0.25, 0.3) is 0 Å². The van der Waals surface area contributed by atoms with Crippen LogP contribution in [-0.4, -0.2) is 49.6 Å². The number of hydrogen-bond acceptors (Lipinski definition) is 6. The summed E-state index contributed by atoms with van der Waals surface area (Å²) in [7, 11) is 1.39. The fourth-order valence-corrected chi connectivity index (χ4v) is 5.06. The SMILES string of the molecule is CCOC1O[C@H](CC[C@@H]2[C@@H]3C(=C[C@H](C)C[C@@H]3O)C=C[C@@H]2C)C[C@H](CC(=O)OC)O1. The van der Waals surface area contributed by atoms with Crippen molar-refractivity contribution < 1.29 is 28.8 Å². The second kappa shape index (κ2) is 10.2. The lowest BCUT2D eigenvalue weighted by Crippen LogP contribution is -2.42. The van der Waals surface area contributed by atoms with E-state index in [2.05, 4.69) is 32.1 Å². The Morgan fingerprint density at radius 2 is 1.97 bits per heavy atom. The largest absolute Gasteiger partial charge is 0.469 e. The minimum atomic E-state index is -0.742. The highest BCUT2D eigenvalue weighted by Gasteiger charge is 2.39. The monoisotopic (exact) mass is 408 g/mol. The molecule has 1 fully saturated rings. The molecule has 6 nitrogen and oxygen atoms in total. The number of hydrogen-bond donors (Lipinski definition) is 1. The van der Waals surface area contributed by atoms with E-state index in [4.69, 9.17) is 18.9 Å². The lowest BCUT2D eigenvalue weighted by molar-refractivity contribution is -0.350. The lowest BCUT2D eigenvalue weighted by Gasteiger charge is -2.42. The van der Waals surface area contributed by atoms with Crippen LogP contribution < -0.4 is 0 Å². The smallest absolute Gasteiger partial charge is 0.308 e. The maximum absolute atomic E-state index is 11.7. The van der Waals surface area contributed by atoms with Gasteiger partial charge >= 0.3 is 5.97 Å². The van der Waals surface area contributed by atoms with Gasteiger partial charge in [-0.15, -0.1) is 0 Å². The minimum Gasteiger partial charge on any atom is -0.469 e. The summed E-state index contributed by atoms with van der Waals surface area (Å²) in [6, 6.07) is 0. The molecule has 2 aliphatic carbocycles. The van der Waals surface area contributed by atoms with E-state index in [0.717, 1.165) is 19.3 Å². The number of rotatable bonds is 7. The third-order valence-corrected chi connectivity index (χ3v) is 6.50. The van der Waals surface area contributed by atoms with Gasteiger partial charge in [-0.05, 0) is 49.5 Å². The number of aliphatic hydroxyl groups is 1. The Kier molecular flexibility index (Phi) is 7.91. The fourth-order valence-electron chi connectivity index (χ4n) is 5.06. The summed E-state index contributed by atoms with van der Waals surface area (Å²) in [5.74, 6) is 1.11. The Hall–Kier alpha value is -1.21. The number of aliphatic hydroxyl groups excluding tert-OH is 1. The molecule has 0 bridgehead atoms. The number of carbonyl (C=O) groups excluding carboxylic acids is 1. The van der Waals surface area contributed by atoms with Gasteiger partial charge in [-0.25, -0.2) is 0 Å². The summed E-state index contributed by atoms with van der Waals surface area (Å²) in [5.41, 5.74) is 1.28. The summed E-state index contributed by atoms with van der Waals surface area (Å²) in [5, 5.41) is 10.8. The standard InChI is InChI=1S/C23H36O6/c1-5-27-23-28-17(12-18(29-23)13-21(25)26-4)8-9-19-15(3)6-7-16-10-14(2)11-20(24)22(16)19/h6-7,10,14-15,17-20,22-24H,5,8-9,11-13H2,1-4H3/t14-,15-,17+,18+,19-,20-,22-,23?/m0/s1. The van der Waals surface area contributed by atoms with Gasteiger partial charge in [0.15, 0.2) is 0 Å². The van der Waals surface area contributed by atoms with Crippen molar-refractivity contribution in [3.05, 3.63) is 23.8 Å². The predicted octanol–water partition coefficient (Wildman–Crippen LogP) is 3.59. The van der Waals surface area contributed by atoms with Crippen molar-refractivity contribution in [1.29, 1.82) is 0 Å². The molecule has 164 valence electrons. The molecular formula is C23H36O6. The number of esters is 1. The fraction of sp³-hybridized carbons (Fsp3) is 0.783. The van der Waals surface area contributed by atoms with E-state index < -0.39 is 6.48 Å². The van der Waals surface area contributed by atoms with Gasteiger partial charge < -0.3 is 24.1 Å². The second-order valence-electron chi connectivity index (χ2n) is 8.71. The van der Waals surface area contributed by atoms with Gasteiger partial charge in [0.05, 0.1) is 31.8 Å². The lowest BCUT2D eigenvalue weighted by atomic mass is 9.65. The Morgan fingerprint density at radius 1 is 1.21 bits per heavy atom. The summed E-state index contributed by atoms with van der Waals surface area (Å²) in [4.78, 5) is 11.7. The molecular weight excluding hydrogens is 372 g/mol. The zero-order valence-corrected chi connectivity index (χ0v) is 18.1. The Balaban J connectivity index is 1.64. The molecule has 6 heteroatoms. The van der Waals surface area contributed by atoms with Crippen LogP contribution in [0.3, 0.4) is 0 Å². The molecule has 0 aromatic heterocycles. The van der Waals surface area contributed by atoms with Crippen molar-refractivity contribution in [2.45, 2.75) is 77.7 Å². The molecule has 0 aromatic rings. The van der Waals surface area contributed by atoms with Gasteiger partial charge in [0.25, 0.3) is 6.48 Å². The third-order valence-electron chi connectivity index (χ3n) is 6.50. The number of allylic oxidation sites excluding steroid dienone is 3. The third kappa shape index (κ3) is 5.69. The van der Waals surface area contributed by atoms with Crippen molar-refractivity contribution in [2.24, 2.45) is 23.7 Å². The van der Waals surface area contributed by atoms with Crippen LogP contribution in [-0.2, 0) is 23.7 Å². The molecule has 1 heterocycles. The van der Waals surface area contributed by atoms with Crippen molar-refractivity contribution >= 4 is 5.97 Å². The summed E-state index contributed by atoms with van der Waals surface area (Å²) >= 11 is 0. The van der Waals surface area contributed by atoms with Crippen LogP contribution in [0.5, 0.6) is 0 Å². The molecule has 0 amide bonds. The number of fused-ring (bicyclic) bond motifs is 1. The first-order valence-corrected chi connectivity index (χ1v) is 11.0. The summed E-state index contributed by atoms with van der Waals surface area (Å²) in [6.45, 7) is 6.03. The molecule has 3 aliphatic rings. The van der Waals surface area contributed by atoms with Crippen LogP contribution in [0, 0.1) is 23.7 Å². The van der Waals surface area contributed by atoms with Crippen molar-refractivity contribution in [2.75, 3.05) is 13.7 Å². The quantitative estimate of drug-likeness (QED) is 0.649. The second-order valence-corrected chi connectivity index (χ2v) is 8.71. The molecule has 0 aromatic carbocycles. The summed E-state index contributed by atoms with van der Waals surface area (Å²) in [6.07, 6.45) is 9.66. The van der Waals surface area contributed by atoms with Crippen LogP contribution >= 0.6 is 0 Å². The van der Waals surface area contributed by atoms with Crippen molar-refractivity contribution in [3.63, 3.8) is 0 Å². The first-order valence-electron chi connectivity index (χ1n) is 11.0. The van der Waals surface area contributed by atoms with Gasteiger partial charge in [0, 0.05) is 18.9 Å². The highest BCUT2D eigenvalue weighted by atomic mass is 16.9. The molecule has 29 heavy (non-hydrogen) atoms. The number of ether oxygens (including phenoxy) is 4. The van der Waals surface area contributed by atoms with Gasteiger partial charge in [-0.1, -0.05) is 32.1 Å². The Bertz CT molecular complexity index is 614.